The molecule has 0 fully saturated rings. The average Bonchev–Trinajstić information content (AvgIpc) is 2.93. The molecule has 0 aromatic heterocycles. The molecule has 0 aliphatic rings. The number of nitro benzene ring substituents is 1. The van der Waals surface area contributed by atoms with Crippen LogP contribution in [0.3, 0.4) is 0 Å². The van der Waals surface area contributed by atoms with Crippen molar-refractivity contribution in [3.05, 3.63) is 99.6 Å². The number of nitrogens with zero attached hydrogens (tertiary/aromatic N) is 2. The Hall–Kier alpha value is -5.06. The quantitative estimate of drug-likeness (QED) is 0.0923. The van der Waals surface area contributed by atoms with Crippen LogP contribution in [-0.4, -0.2) is 42.1 Å². The molecule has 2 amide bonds. The normalized spacial score (nSPS) is 10.6. The van der Waals surface area contributed by atoms with E-state index in [1.165, 1.54) is 30.5 Å². The fourth-order valence-electron chi connectivity index (χ4n) is 3.24. The van der Waals surface area contributed by atoms with E-state index in [9.17, 15) is 24.5 Å². The number of nitrogens with one attached hydrogen (secondary N) is 2. The molecule has 11 nitrogen and oxygen atoms in total. The Balaban J connectivity index is 1.46. The molecule has 3 aromatic rings. The molecule has 2 N–H and O–H groups in total. The van der Waals surface area contributed by atoms with Crippen molar-refractivity contribution in [1.82, 2.24) is 10.7 Å². The van der Waals surface area contributed by atoms with E-state index in [0.29, 0.717) is 29.9 Å². The molecule has 0 heterocycles. The summed E-state index contributed by atoms with van der Waals surface area (Å²) >= 11 is 0. The van der Waals surface area contributed by atoms with Gasteiger partial charge in [0.25, 0.3) is 11.6 Å². The summed E-state index contributed by atoms with van der Waals surface area (Å²) in [4.78, 5) is 46.8. The number of hydrogen-bond donors (Lipinski definition) is 2. The van der Waals surface area contributed by atoms with Gasteiger partial charge in [0.15, 0.2) is 11.5 Å². The van der Waals surface area contributed by atoms with Crippen molar-refractivity contribution in [1.29, 1.82) is 0 Å². The molecule has 38 heavy (non-hydrogen) atoms. The molecule has 0 atom stereocenters. The molecule has 0 saturated heterocycles. The summed E-state index contributed by atoms with van der Waals surface area (Å²) in [6, 6.07) is 18.9. The molecule has 0 radical (unpaired) electrons. The average molecular weight is 519 g/mol. The molecule has 3 aromatic carbocycles. The lowest BCUT2D eigenvalue weighted by molar-refractivity contribution is -0.384. The van der Waals surface area contributed by atoms with Crippen molar-refractivity contribution in [3.63, 3.8) is 0 Å². The molecule has 0 aliphatic carbocycles. The topological polar surface area (TPSA) is 149 Å². The highest BCUT2D eigenvalue weighted by atomic mass is 16.6. The first-order chi connectivity index (χ1) is 18.4. The standard InChI is InChI=1S/C27H26N4O7/c1-2-37-24-16-19(13-14-23(24)38-27(34)20-8-4-3-5-9-20)18-29-30-25(32)12-7-15-28-26(33)21-10-6-11-22(17-21)31(35)36/h3-6,8-11,13-14,16-18H,2,7,12,15H2,1H3,(H,28,33)(H,30,32)/b29-18+. The Bertz CT molecular complexity index is 1330. The van der Waals surface area contributed by atoms with Gasteiger partial charge in [-0.25, -0.2) is 10.2 Å². The lowest BCUT2D eigenvalue weighted by atomic mass is 10.2. The van der Waals surface area contributed by atoms with Gasteiger partial charge in [0, 0.05) is 30.7 Å². The highest BCUT2D eigenvalue weighted by Gasteiger charge is 2.13. The Morgan fingerprint density at radius 3 is 2.47 bits per heavy atom. The smallest absolute Gasteiger partial charge is 0.343 e. The fraction of sp³-hybridized carbons (Fsp3) is 0.185. The van der Waals surface area contributed by atoms with Crippen LogP contribution in [0, 0.1) is 10.1 Å². The van der Waals surface area contributed by atoms with E-state index in [2.05, 4.69) is 15.8 Å². The molecule has 0 saturated carbocycles. The van der Waals surface area contributed by atoms with Gasteiger partial charge in [-0.15, -0.1) is 0 Å². The minimum Gasteiger partial charge on any atom is -0.490 e. The monoisotopic (exact) mass is 518 g/mol. The van der Waals surface area contributed by atoms with Crippen molar-refractivity contribution in [2.75, 3.05) is 13.2 Å². The van der Waals surface area contributed by atoms with E-state index >= 15 is 0 Å². The molecule has 0 aliphatic heterocycles. The van der Waals surface area contributed by atoms with Crippen molar-refractivity contribution >= 4 is 29.7 Å². The highest BCUT2D eigenvalue weighted by Crippen LogP contribution is 2.29. The Kier molecular flexibility index (Phi) is 10.1. The SMILES string of the molecule is CCOc1cc(/C=N/NC(=O)CCCNC(=O)c2cccc([N+](=O)[O-])c2)ccc1OC(=O)c1ccccc1. The van der Waals surface area contributed by atoms with Crippen LogP contribution in [0.5, 0.6) is 11.5 Å². The molecule has 0 spiro atoms. The van der Waals surface area contributed by atoms with Crippen molar-refractivity contribution in [2.24, 2.45) is 5.10 Å². The molecule has 11 heteroatoms. The van der Waals surface area contributed by atoms with Crippen LogP contribution in [0.25, 0.3) is 0 Å². The Morgan fingerprint density at radius 2 is 1.74 bits per heavy atom. The predicted octanol–water partition coefficient (Wildman–Crippen LogP) is 3.87. The number of carbonyl (C=O) groups is 3. The summed E-state index contributed by atoms with van der Waals surface area (Å²) in [7, 11) is 0. The zero-order valence-electron chi connectivity index (χ0n) is 20.6. The lowest BCUT2D eigenvalue weighted by Gasteiger charge is -2.11. The number of amides is 2. The third-order valence-electron chi connectivity index (χ3n) is 5.07. The van der Waals surface area contributed by atoms with Gasteiger partial charge in [0.2, 0.25) is 5.91 Å². The van der Waals surface area contributed by atoms with Crippen LogP contribution in [0.1, 0.15) is 46.0 Å². The third-order valence-corrected chi connectivity index (χ3v) is 5.07. The van der Waals surface area contributed by atoms with Crippen LogP contribution < -0.4 is 20.2 Å². The molecule has 196 valence electrons. The Labute approximate surface area is 218 Å². The number of hydrazone groups is 1. The summed E-state index contributed by atoms with van der Waals surface area (Å²) in [5.74, 6) is -0.721. The molecule has 0 unspecified atom stereocenters. The van der Waals surface area contributed by atoms with Gasteiger partial charge >= 0.3 is 5.97 Å². The van der Waals surface area contributed by atoms with E-state index in [4.69, 9.17) is 9.47 Å². The van der Waals surface area contributed by atoms with Gasteiger partial charge in [0.1, 0.15) is 0 Å². The maximum absolute atomic E-state index is 12.4. The first-order valence-corrected chi connectivity index (χ1v) is 11.8. The zero-order valence-corrected chi connectivity index (χ0v) is 20.6. The maximum atomic E-state index is 12.4. The molecule has 0 bridgehead atoms. The number of nitro groups is 1. The minimum absolute atomic E-state index is 0.102. The third kappa shape index (κ3) is 8.26. The summed E-state index contributed by atoms with van der Waals surface area (Å²) < 4.78 is 11.0. The number of ether oxygens (including phenoxy) is 2. The van der Waals surface area contributed by atoms with Gasteiger partial charge in [-0.1, -0.05) is 24.3 Å². The van der Waals surface area contributed by atoms with Crippen LogP contribution in [-0.2, 0) is 4.79 Å². The number of benzene rings is 3. The first-order valence-electron chi connectivity index (χ1n) is 11.8. The number of hydrogen-bond acceptors (Lipinski definition) is 8. The fourth-order valence-corrected chi connectivity index (χ4v) is 3.24. The van der Waals surface area contributed by atoms with Gasteiger partial charge in [-0.2, -0.15) is 5.10 Å². The molecule has 3 rings (SSSR count). The Morgan fingerprint density at radius 1 is 0.974 bits per heavy atom. The zero-order chi connectivity index (χ0) is 27.3. The summed E-state index contributed by atoms with van der Waals surface area (Å²) in [6.45, 7) is 2.36. The van der Waals surface area contributed by atoms with Crippen molar-refractivity contribution in [3.8, 4) is 11.5 Å². The largest absolute Gasteiger partial charge is 0.490 e. The van der Waals surface area contributed by atoms with Crippen LogP contribution >= 0.6 is 0 Å². The van der Waals surface area contributed by atoms with Gasteiger partial charge in [0.05, 0.1) is 23.3 Å². The second-order valence-electron chi connectivity index (χ2n) is 7.85. The summed E-state index contributed by atoms with van der Waals surface area (Å²) in [5.41, 5.74) is 3.42. The van der Waals surface area contributed by atoms with Crippen LogP contribution in [0.4, 0.5) is 5.69 Å². The van der Waals surface area contributed by atoms with E-state index in [-0.39, 0.29) is 35.9 Å². The lowest BCUT2D eigenvalue weighted by Crippen LogP contribution is -2.26. The molecular formula is C27H26N4O7. The van der Waals surface area contributed by atoms with Crippen LogP contribution in [0.15, 0.2) is 77.9 Å². The second-order valence-corrected chi connectivity index (χ2v) is 7.85. The number of carbonyl (C=O) groups excluding carboxylic acids is 3. The van der Waals surface area contributed by atoms with E-state index in [1.54, 1.807) is 55.5 Å². The minimum atomic E-state index is -0.575. The second kappa shape index (κ2) is 13.9. The van der Waals surface area contributed by atoms with Crippen molar-refractivity contribution in [2.45, 2.75) is 19.8 Å². The number of esters is 1. The van der Waals surface area contributed by atoms with Crippen molar-refractivity contribution < 1.29 is 28.8 Å². The maximum Gasteiger partial charge on any atom is 0.343 e. The highest BCUT2D eigenvalue weighted by molar-refractivity contribution is 5.94. The first kappa shape index (κ1) is 27.5. The van der Waals surface area contributed by atoms with Gasteiger partial charge in [-0.3, -0.25) is 19.7 Å². The van der Waals surface area contributed by atoms with Gasteiger partial charge in [-0.05, 0) is 55.3 Å². The molecular weight excluding hydrogens is 492 g/mol. The predicted molar refractivity (Wildman–Crippen MR) is 139 cm³/mol. The summed E-state index contributed by atoms with van der Waals surface area (Å²) in [6.07, 6.45) is 1.87. The number of non-ortho nitro benzene ring substituents is 1. The van der Waals surface area contributed by atoms with E-state index in [1.807, 2.05) is 0 Å². The summed E-state index contributed by atoms with van der Waals surface area (Å²) in [5, 5.41) is 17.4. The number of rotatable bonds is 12. The van der Waals surface area contributed by atoms with Crippen LogP contribution in [0.2, 0.25) is 0 Å². The van der Waals surface area contributed by atoms with E-state index in [0.717, 1.165) is 0 Å². The van der Waals surface area contributed by atoms with E-state index < -0.39 is 16.8 Å². The van der Waals surface area contributed by atoms with Gasteiger partial charge < -0.3 is 14.8 Å².